The van der Waals surface area contributed by atoms with E-state index in [0.717, 1.165) is 18.2 Å². The number of furan rings is 1. The summed E-state index contributed by atoms with van der Waals surface area (Å²) in [7, 11) is 0. The van der Waals surface area contributed by atoms with E-state index in [2.05, 4.69) is 5.32 Å². The summed E-state index contributed by atoms with van der Waals surface area (Å²) in [6, 6.07) is 2.67. The van der Waals surface area contributed by atoms with Gasteiger partial charge in [-0.05, 0) is 39.8 Å². The van der Waals surface area contributed by atoms with Crippen molar-refractivity contribution in [3.63, 3.8) is 0 Å². The first-order valence-corrected chi connectivity index (χ1v) is 7.24. The van der Waals surface area contributed by atoms with Crippen molar-refractivity contribution in [3.8, 4) is 0 Å². The third-order valence-corrected chi connectivity index (χ3v) is 3.60. The van der Waals surface area contributed by atoms with E-state index in [0.29, 0.717) is 17.1 Å². The molecule has 0 saturated heterocycles. The van der Waals surface area contributed by atoms with Gasteiger partial charge in [0.25, 0.3) is 5.91 Å². The number of nitrogens with one attached hydrogen (secondary N) is 1. The van der Waals surface area contributed by atoms with Gasteiger partial charge in [0.15, 0.2) is 6.10 Å². The number of hydrogen-bond acceptors (Lipinski definition) is 4. The van der Waals surface area contributed by atoms with Gasteiger partial charge in [-0.1, -0.05) is 0 Å². The van der Waals surface area contributed by atoms with E-state index in [1.807, 2.05) is 0 Å². The van der Waals surface area contributed by atoms with Gasteiger partial charge in [-0.25, -0.2) is 13.6 Å². The SMILES string of the molecule is Cc1oc(C)c(C(=O)O[C@@H](C)C(=O)Nc2cc(F)ccc2F)c1C. The van der Waals surface area contributed by atoms with Crippen molar-refractivity contribution in [2.45, 2.75) is 33.8 Å². The number of aryl methyl sites for hydroxylation is 2. The van der Waals surface area contributed by atoms with E-state index in [-0.39, 0.29) is 11.3 Å². The van der Waals surface area contributed by atoms with Crippen molar-refractivity contribution in [2.75, 3.05) is 5.32 Å². The number of anilines is 1. The average Bonchev–Trinajstić information content (AvgIpc) is 2.75. The highest BCUT2D eigenvalue weighted by Gasteiger charge is 2.25. The standard InChI is InChI=1S/C17H17F2NO4/c1-8-9(2)23-10(3)15(8)17(22)24-11(4)16(21)20-14-7-12(18)5-6-13(14)19/h5-7,11H,1-4H3,(H,20,21)/t11-/m0/s1. The van der Waals surface area contributed by atoms with Gasteiger partial charge >= 0.3 is 5.97 Å². The molecule has 0 aliphatic carbocycles. The monoisotopic (exact) mass is 337 g/mol. The molecule has 0 saturated carbocycles. The highest BCUT2D eigenvalue weighted by Crippen LogP contribution is 2.22. The second-order valence-electron chi connectivity index (χ2n) is 5.38. The Labute approximate surface area is 137 Å². The molecule has 2 rings (SSSR count). The molecule has 0 spiro atoms. The molecule has 0 aliphatic rings. The van der Waals surface area contributed by atoms with Crippen LogP contribution in [0.1, 0.15) is 34.4 Å². The lowest BCUT2D eigenvalue weighted by molar-refractivity contribution is -0.123. The molecule has 0 fully saturated rings. The van der Waals surface area contributed by atoms with Gasteiger partial charge in [-0.3, -0.25) is 4.79 Å². The van der Waals surface area contributed by atoms with Crippen molar-refractivity contribution in [1.29, 1.82) is 0 Å². The summed E-state index contributed by atoms with van der Waals surface area (Å²) in [6.45, 7) is 6.36. The third kappa shape index (κ3) is 3.61. The molecular formula is C17H17F2NO4. The first-order valence-electron chi connectivity index (χ1n) is 7.24. The van der Waals surface area contributed by atoms with Crippen LogP contribution in [0.3, 0.4) is 0 Å². The van der Waals surface area contributed by atoms with Crippen LogP contribution in [0.5, 0.6) is 0 Å². The number of rotatable bonds is 4. The summed E-state index contributed by atoms with van der Waals surface area (Å²) in [5.74, 6) is -2.01. The Balaban J connectivity index is 2.08. The summed E-state index contributed by atoms with van der Waals surface area (Å²) >= 11 is 0. The molecular weight excluding hydrogens is 320 g/mol. The van der Waals surface area contributed by atoms with Gasteiger partial charge in [-0.2, -0.15) is 0 Å². The van der Waals surface area contributed by atoms with Crippen LogP contribution in [0.15, 0.2) is 22.6 Å². The minimum absolute atomic E-state index is 0.254. The number of carbonyl (C=O) groups is 2. The normalized spacial score (nSPS) is 11.9. The molecule has 1 aromatic carbocycles. The lowest BCUT2D eigenvalue weighted by Crippen LogP contribution is -2.30. The van der Waals surface area contributed by atoms with Crippen LogP contribution in [-0.2, 0) is 9.53 Å². The number of benzene rings is 1. The van der Waals surface area contributed by atoms with Crippen molar-refractivity contribution >= 4 is 17.6 Å². The molecule has 0 unspecified atom stereocenters. The Kier molecular flexibility index (Phi) is 5.02. The molecule has 0 bridgehead atoms. The van der Waals surface area contributed by atoms with E-state index in [9.17, 15) is 18.4 Å². The fourth-order valence-electron chi connectivity index (χ4n) is 2.19. The Morgan fingerprint density at radius 3 is 2.42 bits per heavy atom. The van der Waals surface area contributed by atoms with Gasteiger partial charge in [0.1, 0.15) is 28.7 Å². The first kappa shape index (κ1) is 17.7. The Bertz CT molecular complexity index is 798. The van der Waals surface area contributed by atoms with E-state index in [4.69, 9.17) is 9.15 Å². The predicted octanol–water partition coefficient (Wildman–Crippen LogP) is 3.67. The van der Waals surface area contributed by atoms with Crippen LogP contribution in [0, 0.1) is 32.4 Å². The molecule has 24 heavy (non-hydrogen) atoms. The summed E-state index contributed by atoms with van der Waals surface area (Å²) in [5, 5.41) is 2.19. The number of halogens is 2. The third-order valence-electron chi connectivity index (χ3n) is 3.60. The molecule has 0 aliphatic heterocycles. The van der Waals surface area contributed by atoms with Gasteiger partial charge in [0.2, 0.25) is 0 Å². The molecule has 128 valence electrons. The van der Waals surface area contributed by atoms with Gasteiger partial charge in [-0.15, -0.1) is 0 Å². The fraction of sp³-hybridized carbons (Fsp3) is 0.294. The largest absolute Gasteiger partial charge is 0.465 e. The Hall–Kier alpha value is -2.70. The average molecular weight is 337 g/mol. The number of esters is 1. The van der Waals surface area contributed by atoms with E-state index in [1.165, 1.54) is 6.92 Å². The zero-order chi connectivity index (χ0) is 18.0. The summed E-state index contributed by atoms with van der Waals surface area (Å²) in [4.78, 5) is 24.2. The fourth-order valence-corrected chi connectivity index (χ4v) is 2.19. The molecule has 2 aromatic rings. The molecule has 1 aromatic heterocycles. The van der Waals surface area contributed by atoms with Crippen LogP contribution < -0.4 is 5.32 Å². The van der Waals surface area contributed by atoms with Crippen molar-refractivity contribution < 1.29 is 27.5 Å². The number of hydrogen-bond donors (Lipinski definition) is 1. The van der Waals surface area contributed by atoms with E-state index >= 15 is 0 Å². The highest BCUT2D eigenvalue weighted by molar-refractivity contribution is 5.98. The van der Waals surface area contributed by atoms with Crippen molar-refractivity contribution in [1.82, 2.24) is 0 Å². The van der Waals surface area contributed by atoms with Crippen molar-refractivity contribution in [3.05, 3.63) is 52.5 Å². The van der Waals surface area contributed by atoms with Gasteiger partial charge < -0.3 is 14.5 Å². The molecule has 1 N–H and O–H groups in total. The summed E-state index contributed by atoms with van der Waals surface area (Å²) < 4.78 is 37.1. The Morgan fingerprint density at radius 1 is 1.17 bits per heavy atom. The zero-order valence-electron chi connectivity index (χ0n) is 13.7. The predicted molar refractivity (Wildman–Crippen MR) is 82.8 cm³/mol. The molecule has 7 heteroatoms. The van der Waals surface area contributed by atoms with E-state index in [1.54, 1.807) is 20.8 Å². The lowest BCUT2D eigenvalue weighted by Gasteiger charge is -2.14. The van der Waals surface area contributed by atoms with Crippen molar-refractivity contribution in [2.24, 2.45) is 0 Å². The second-order valence-corrected chi connectivity index (χ2v) is 5.38. The summed E-state index contributed by atoms with van der Waals surface area (Å²) in [6.07, 6.45) is -1.20. The first-order chi connectivity index (χ1) is 11.2. The van der Waals surface area contributed by atoms with Crippen LogP contribution in [0.4, 0.5) is 14.5 Å². The van der Waals surface area contributed by atoms with Gasteiger partial charge in [0.05, 0.1) is 5.69 Å². The smallest absolute Gasteiger partial charge is 0.342 e. The number of amides is 1. The van der Waals surface area contributed by atoms with Crippen LogP contribution >= 0.6 is 0 Å². The topological polar surface area (TPSA) is 68.5 Å². The summed E-state index contributed by atoms with van der Waals surface area (Å²) in [5.41, 5.74) is 0.555. The zero-order valence-corrected chi connectivity index (χ0v) is 13.7. The number of carbonyl (C=O) groups excluding carboxylic acids is 2. The second kappa shape index (κ2) is 6.82. The molecule has 1 amide bonds. The minimum atomic E-state index is -1.20. The maximum absolute atomic E-state index is 13.5. The maximum atomic E-state index is 13.5. The number of ether oxygens (including phenoxy) is 1. The molecule has 5 nitrogen and oxygen atoms in total. The minimum Gasteiger partial charge on any atom is -0.465 e. The highest BCUT2D eigenvalue weighted by atomic mass is 19.1. The van der Waals surface area contributed by atoms with Crippen LogP contribution in [-0.4, -0.2) is 18.0 Å². The quantitative estimate of drug-likeness (QED) is 0.865. The van der Waals surface area contributed by atoms with Crippen LogP contribution in [0.2, 0.25) is 0 Å². The Morgan fingerprint density at radius 2 is 1.83 bits per heavy atom. The lowest BCUT2D eigenvalue weighted by atomic mass is 10.1. The van der Waals surface area contributed by atoms with Crippen LogP contribution in [0.25, 0.3) is 0 Å². The molecule has 0 radical (unpaired) electrons. The van der Waals surface area contributed by atoms with E-state index < -0.39 is 29.6 Å². The molecule has 1 atom stereocenters. The molecule has 1 heterocycles. The maximum Gasteiger partial charge on any atom is 0.342 e. The van der Waals surface area contributed by atoms with Gasteiger partial charge in [0, 0.05) is 11.6 Å².